The van der Waals surface area contributed by atoms with Gasteiger partial charge in [0.15, 0.2) is 0 Å². The summed E-state index contributed by atoms with van der Waals surface area (Å²) < 4.78 is 11.3. The molecule has 4 heteroatoms. The van der Waals surface area contributed by atoms with Crippen molar-refractivity contribution in [3.63, 3.8) is 0 Å². The van der Waals surface area contributed by atoms with Crippen molar-refractivity contribution in [3.8, 4) is 0 Å². The van der Waals surface area contributed by atoms with Gasteiger partial charge in [0.25, 0.3) is 0 Å². The van der Waals surface area contributed by atoms with Gasteiger partial charge in [-0.2, -0.15) is 0 Å². The first-order valence-corrected chi connectivity index (χ1v) is 10.2. The summed E-state index contributed by atoms with van der Waals surface area (Å²) in [5.41, 5.74) is 1.72. The Morgan fingerprint density at radius 3 is 3.04 bits per heavy atom. The van der Waals surface area contributed by atoms with Gasteiger partial charge in [-0.25, -0.2) is 0 Å². The third-order valence-corrected chi connectivity index (χ3v) is 7.80. The third-order valence-electron chi connectivity index (χ3n) is 7.80. The van der Waals surface area contributed by atoms with Gasteiger partial charge >= 0.3 is 5.97 Å². The van der Waals surface area contributed by atoms with Crippen molar-refractivity contribution in [2.24, 2.45) is 23.2 Å². The van der Waals surface area contributed by atoms with E-state index in [1.165, 1.54) is 44.2 Å². The molecule has 0 aromatic rings. The first kappa shape index (κ1) is 17.5. The second kappa shape index (κ2) is 6.70. The van der Waals surface area contributed by atoms with Crippen LogP contribution in [-0.2, 0) is 14.3 Å². The molecule has 0 radical (unpaired) electrons. The first-order valence-electron chi connectivity index (χ1n) is 10.2. The Bertz CT molecular complexity index is 547. The molecule has 0 spiro atoms. The summed E-state index contributed by atoms with van der Waals surface area (Å²) in [5.74, 6) is 1.13. The lowest BCUT2D eigenvalue weighted by molar-refractivity contribution is -0.915. The van der Waals surface area contributed by atoms with Crippen LogP contribution in [0.4, 0.5) is 0 Å². The highest BCUT2D eigenvalue weighted by Gasteiger charge is 2.56. The van der Waals surface area contributed by atoms with E-state index in [1.807, 2.05) is 0 Å². The van der Waals surface area contributed by atoms with Crippen molar-refractivity contribution in [2.45, 2.75) is 64.0 Å². The van der Waals surface area contributed by atoms with E-state index in [4.69, 9.17) is 9.47 Å². The van der Waals surface area contributed by atoms with E-state index in [1.54, 1.807) is 12.0 Å². The van der Waals surface area contributed by atoms with E-state index in [2.05, 4.69) is 13.5 Å². The molecule has 0 amide bonds. The summed E-state index contributed by atoms with van der Waals surface area (Å²) in [5, 5.41) is 0. The average Bonchev–Trinajstić information content (AvgIpc) is 3.11. The fraction of sp³-hybridized carbons (Fsp3) is 0.857. The molecule has 1 N–H and O–H groups in total. The number of esters is 1. The maximum atomic E-state index is 12.7. The van der Waals surface area contributed by atoms with Gasteiger partial charge in [-0.15, -0.1) is 0 Å². The number of carbonyl (C=O) groups excluding carboxylic acids is 1. The molecular formula is C21H34NO3+. The van der Waals surface area contributed by atoms with Gasteiger partial charge in [-0.1, -0.05) is 19.1 Å². The Kier molecular flexibility index (Phi) is 4.70. The molecule has 0 aromatic heterocycles. The first-order chi connectivity index (χ1) is 12.0. The lowest BCUT2D eigenvalue weighted by Gasteiger charge is -2.50. The third kappa shape index (κ3) is 3.06. The summed E-state index contributed by atoms with van der Waals surface area (Å²) in [6.07, 6.45) is 8.44. The minimum Gasteiger partial charge on any atom is -0.462 e. The van der Waals surface area contributed by atoms with Crippen LogP contribution >= 0.6 is 0 Å². The van der Waals surface area contributed by atoms with Crippen molar-refractivity contribution in [1.82, 2.24) is 0 Å². The van der Waals surface area contributed by atoms with Crippen LogP contribution in [0.3, 0.4) is 0 Å². The topological polar surface area (TPSA) is 40.0 Å². The molecule has 1 unspecified atom stereocenters. The zero-order valence-corrected chi connectivity index (χ0v) is 15.9. The van der Waals surface area contributed by atoms with Gasteiger partial charge in [-0.05, 0) is 43.4 Å². The number of hydrogen-bond acceptors (Lipinski definition) is 3. The summed E-state index contributed by atoms with van der Waals surface area (Å²) in [4.78, 5) is 14.3. The second-order valence-corrected chi connectivity index (χ2v) is 9.31. The van der Waals surface area contributed by atoms with Gasteiger partial charge in [0.2, 0.25) is 0 Å². The highest BCUT2D eigenvalue weighted by atomic mass is 16.6. The summed E-state index contributed by atoms with van der Waals surface area (Å²) in [7, 11) is 1.78. The summed E-state index contributed by atoms with van der Waals surface area (Å²) >= 11 is 0. The maximum absolute atomic E-state index is 12.7. The molecule has 140 valence electrons. The molecule has 2 saturated heterocycles. The van der Waals surface area contributed by atoms with Crippen LogP contribution in [0.2, 0.25) is 0 Å². The monoisotopic (exact) mass is 348 g/mol. The van der Waals surface area contributed by atoms with Crippen LogP contribution in [0.25, 0.3) is 0 Å². The lowest BCUT2D eigenvalue weighted by atomic mass is 9.55. The van der Waals surface area contributed by atoms with Gasteiger partial charge in [-0.3, -0.25) is 4.79 Å². The average molecular weight is 349 g/mol. The van der Waals surface area contributed by atoms with Gasteiger partial charge in [0.05, 0.1) is 19.7 Å². The van der Waals surface area contributed by atoms with Crippen LogP contribution in [0.5, 0.6) is 0 Å². The van der Waals surface area contributed by atoms with Crippen LogP contribution in [0, 0.1) is 23.2 Å². The molecule has 4 rings (SSSR count). The number of allylic oxidation sites excluding steroid dienone is 1. The quantitative estimate of drug-likeness (QED) is 0.624. The number of carbonyl (C=O) groups is 1. The van der Waals surface area contributed by atoms with Gasteiger partial charge < -0.3 is 14.4 Å². The fourth-order valence-electron chi connectivity index (χ4n) is 6.43. The number of nitrogens with one attached hydrogen (secondary N) is 1. The van der Waals surface area contributed by atoms with Crippen LogP contribution in [-0.4, -0.2) is 44.9 Å². The Balaban J connectivity index is 1.49. The molecule has 4 aliphatic rings. The SMILES string of the molecule is C=C1CCC[C@]2(C)C[C@H]3OC(=O)[C@H](C[NH+]4CCC[C@@H]4COC)[C@H]3C[C@@H]12. The largest absolute Gasteiger partial charge is 0.462 e. The number of ether oxygens (including phenoxy) is 2. The minimum atomic E-state index is 0.0680. The van der Waals surface area contributed by atoms with Gasteiger partial charge in [0.1, 0.15) is 18.1 Å². The van der Waals surface area contributed by atoms with Crippen LogP contribution in [0.1, 0.15) is 51.9 Å². The molecule has 25 heavy (non-hydrogen) atoms. The Labute approximate surface area is 151 Å². The van der Waals surface area contributed by atoms with Crippen molar-refractivity contribution in [3.05, 3.63) is 12.2 Å². The zero-order valence-electron chi connectivity index (χ0n) is 15.9. The molecule has 2 saturated carbocycles. The Hall–Kier alpha value is -0.870. The molecule has 7 atom stereocenters. The van der Waals surface area contributed by atoms with Crippen molar-refractivity contribution in [1.29, 1.82) is 0 Å². The summed E-state index contributed by atoms with van der Waals surface area (Å²) in [6, 6.07) is 0.551. The van der Waals surface area contributed by atoms with E-state index < -0.39 is 0 Å². The standard InChI is InChI=1S/C21H33NO3/c1-14-6-4-8-21(2)11-19-16(10-18(14)21)17(20(23)25-19)12-22-9-5-7-15(22)13-24-3/h15-19H,1,4-13H2,2-3H3/p+1/t15-,16-,17-,18+,19-,21-/m1/s1. The number of methoxy groups -OCH3 is 1. The normalized spacial score (nSPS) is 46.6. The predicted molar refractivity (Wildman–Crippen MR) is 96.3 cm³/mol. The van der Waals surface area contributed by atoms with E-state index >= 15 is 0 Å². The fourth-order valence-corrected chi connectivity index (χ4v) is 6.43. The predicted octanol–water partition coefficient (Wildman–Crippen LogP) is 1.99. The van der Waals surface area contributed by atoms with Crippen LogP contribution in [0.15, 0.2) is 12.2 Å². The molecule has 2 aliphatic carbocycles. The molecule has 0 aromatic carbocycles. The minimum absolute atomic E-state index is 0.0680. The number of rotatable bonds is 4. The van der Waals surface area contributed by atoms with Crippen molar-refractivity contribution < 1.29 is 19.2 Å². The molecular weight excluding hydrogens is 314 g/mol. The van der Waals surface area contributed by atoms with Crippen LogP contribution < -0.4 is 4.90 Å². The lowest BCUT2D eigenvalue weighted by Crippen LogP contribution is -3.15. The number of hydrogen-bond donors (Lipinski definition) is 1. The molecule has 2 heterocycles. The number of fused-ring (bicyclic) bond motifs is 2. The second-order valence-electron chi connectivity index (χ2n) is 9.31. The van der Waals surface area contributed by atoms with E-state index in [0.29, 0.717) is 23.3 Å². The highest BCUT2D eigenvalue weighted by Crippen LogP contribution is 2.56. The molecule has 4 nitrogen and oxygen atoms in total. The Morgan fingerprint density at radius 2 is 2.24 bits per heavy atom. The highest BCUT2D eigenvalue weighted by molar-refractivity contribution is 5.75. The molecule has 2 aliphatic heterocycles. The van der Waals surface area contributed by atoms with Crippen molar-refractivity contribution in [2.75, 3.05) is 26.8 Å². The summed E-state index contributed by atoms with van der Waals surface area (Å²) in [6.45, 7) is 9.71. The van der Waals surface area contributed by atoms with E-state index in [-0.39, 0.29) is 18.0 Å². The van der Waals surface area contributed by atoms with E-state index in [9.17, 15) is 4.79 Å². The number of likely N-dealkylation sites (tertiary alicyclic amines) is 1. The maximum Gasteiger partial charge on any atom is 0.315 e. The number of quaternary nitrogens is 1. The molecule has 0 bridgehead atoms. The Morgan fingerprint density at radius 1 is 1.40 bits per heavy atom. The van der Waals surface area contributed by atoms with E-state index in [0.717, 1.165) is 26.0 Å². The zero-order chi connectivity index (χ0) is 17.6. The van der Waals surface area contributed by atoms with Gasteiger partial charge in [0, 0.05) is 25.9 Å². The molecule has 4 fully saturated rings. The smallest absolute Gasteiger partial charge is 0.315 e. The van der Waals surface area contributed by atoms with Crippen molar-refractivity contribution >= 4 is 5.97 Å².